The van der Waals surface area contributed by atoms with E-state index in [0.29, 0.717) is 0 Å². The van der Waals surface area contributed by atoms with Crippen LogP contribution >= 0.6 is 0 Å². The highest BCUT2D eigenvalue weighted by Crippen LogP contribution is 2.18. The Morgan fingerprint density at radius 3 is 2.57 bits per heavy atom. The Morgan fingerprint density at radius 1 is 1.24 bits per heavy atom. The van der Waals surface area contributed by atoms with Gasteiger partial charge in [-0.1, -0.05) is 13.0 Å². The Labute approximate surface area is 122 Å². The topological polar surface area (TPSA) is 118 Å². The average Bonchev–Trinajstić information content (AvgIpc) is 2.48. The molecule has 0 aliphatic heterocycles. The van der Waals surface area contributed by atoms with Gasteiger partial charge in [-0.2, -0.15) is 5.10 Å². The van der Waals surface area contributed by atoms with Gasteiger partial charge in [0.15, 0.2) is 5.82 Å². The van der Waals surface area contributed by atoms with Gasteiger partial charge >= 0.3 is 0 Å². The van der Waals surface area contributed by atoms with Gasteiger partial charge in [0, 0.05) is 12.6 Å². The summed E-state index contributed by atoms with van der Waals surface area (Å²) in [4.78, 5) is 11.0. The first-order valence-corrected chi connectivity index (χ1v) is 7.85. The molecule has 1 aromatic carbocycles. The number of sulfonamides is 1. The first-order valence-electron chi connectivity index (χ1n) is 6.36. The molecule has 0 saturated heterocycles. The first kappa shape index (κ1) is 15.2. The summed E-state index contributed by atoms with van der Waals surface area (Å²) in [7, 11) is -3.77. The summed E-state index contributed by atoms with van der Waals surface area (Å²) < 4.78 is 26.8. The maximum Gasteiger partial charge on any atom is 0.264 e. The van der Waals surface area contributed by atoms with Crippen molar-refractivity contribution < 1.29 is 8.42 Å². The normalized spacial score (nSPS) is 11.3. The summed E-state index contributed by atoms with van der Waals surface area (Å²) in [6, 6.07) is 7.30. The van der Waals surface area contributed by atoms with E-state index >= 15 is 0 Å². The zero-order valence-electron chi connectivity index (χ0n) is 11.5. The van der Waals surface area contributed by atoms with Crippen LogP contribution in [0.2, 0.25) is 0 Å². The number of aromatic amines is 1. The maximum atomic E-state index is 12.3. The number of H-pyrrole nitrogens is 1. The van der Waals surface area contributed by atoms with Crippen LogP contribution < -0.4 is 16.0 Å². The fourth-order valence-corrected chi connectivity index (χ4v) is 2.95. The Kier molecular flexibility index (Phi) is 4.39. The molecule has 2 aromatic rings. The molecule has 0 unspecified atom stereocenters. The van der Waals surface area contributed by atoms with Gasteiger partial charge in [0.1, 0.15) is 0 Å². The SMILES string of the molecule is CCc1ccc(S(=O)(=O)Nc2ccc(=O)[nH]n2)cc1CN. The van der Waals surface area contributed by atoms with E-state index in [1.807, 2.05) is 6.92 Å². The molecule has 0 saturated carbocycles. The molecule has 0 aliphatic rings. The lowest BCUT2D eigenvalue weighted by Crippen LogP contribution is -2.17. The van der Waals surface area contributed by atoms with Crippen LogP contribution in [0, 0.1) is 0 Å². The van der Waals surface area contributed by atoms with E-state index in [0.717, 1.165) is 17.5 Å². The highest BCUT2D eigenvalue weighted by atomic mass is 32.2. The van der Waals surface area contributed by atoms with E-state index in [4.69, 9.17) is 5.73 Å². The molecule has 0 fully saturated rings. The van der Waals surface area contributed by atoms with E-state index in [2.05, 4.69) is 14.9 Å². The number of hydrogen-bond donors (Lipinski definition) is 3. The van der Waals surface area contributed by atoms with E-state index in [1.165, 1.54) is 18.2 Å². The molecular formula is C13H16N4O3S. The minimum atomic E-state index is -3.77. The molecule has 21 heavy (non-hydrogen) atoms. The highest BCUT2D eigenvalue weighted by molar-refractivity contribution is 7.92. The smallest absolute Gasteiger partial charge is 0.264 e. The predicted octanol–water partition coefficient (Wildman–Crippen LogP) is 0.592. The Hall–Kier alpha value is -2.19. The maximum absolute atomic E-state index is 12.3. The van der Waals surface area contributed by atoms with Crippen LogP contribution in [0.4, 0.5) is 5.82 Å². The summed E-state index contributed by atoms with van der Waals surface area (Å²) >= 11 is 0. The van der Waals surface area contributed by atoms with Gasteiger partial charge < -0.3 is 5.73 Å². The second-order valence-corrected chi connectivity index (χ2v) is 6.08. The largest absolute Gasteiger partial charge is 0.326 e. The van der Waals surface area contributed by atoms with Crippen molar-refractivity contribution >= 4 is 15.8 Å². The van der Waals surface area contributed by atoms with Crippen LogP contribution in [0.25, 0.3) is 0 Å². The third-order valence-electron chi connectivity index (χ3n) is 3.01. The number of anilines is 1. The van der Waals surface area contributed by atoms with Gasteiger partial charge in [0.25, 0.3) is 15.6 Å². The van der Waals surface area contributed by atoms with Gasteiger partial charge in [-0.05, 0) is 35.7 Å². The number of nitrogens with two attached hydrogens (primary N) is 1. The third-order valence-corrected chi connectivity index (χ3v) is 4.36. The van der Waals surface area contributed by atoms with Gasteiger partial charge in [-0.3, -0.25) is 9.52 Å². The van der Waals surface area contributed by atoms with Crippen LogP contribution in [0.1, 0.15) is 18.1 Å². The monoisotopic (exact) mass is 308 g/mol. The fraction of sp³-hybridized carbons (Fsp3) is 0.231. The summed E-state index contributed by atoms with van der Waals surface area (Å²) in [5.41, 5.74) is 7.03. The number of aromatic nitrogens is 2. The molecule has 0 amide bonds. The molecule has 0 atom stereocenters. The summed E-state index contributed by atoms with van der Waals surface area (Å²) in [5, 5.41) is 5.78. The summed E-state index contributed by atoms with van der Waals surface area (Å²) in [6.07, 6.45) is 0.780. The molecule has 2 rings (SSSR count). The summed E-state index contributed by atoms with van der Waals surface area (Å²) in [5.74, 6) is 0.0449. The number of benzene rings is 1. The van der Waals surface area contributed by atoms with Crippen molar-refractivity contribution in [3.63, 3.8) is 0 Å². The van der Waals surface area contributed by atoms with Crippen molar-refractivity contribution in [2.75, 3.05) is 4.72 Å². The fourth-order valence-electron chi connectivity index (χ4n) is 1.90. The van der Waals surface area contributed by atoms with Gasteiger partial charge in [0.05, 0.1) is 4.90 Å². The van der Waals surface area contributed by atoms with Crippen LogP contribution in [-0.4, -0.2) is 18.6 Å². The van der Waals surface area contributed by atoms with Crippen LogP contribution in [-0.2, 0) is 23.0 Å². The molecule has 8 heteroatoms. The Balaban J connectivity index is 2.35. The molecule has 0 radical (unpaired) electrons. The number of hydrogen-bond acceptors (Lipinski definition) is 5. The number of nitrogens with zero attached hydrogens (tertiary/aromatic N) is 1. The number of aryl methyl sites for hydroxylation is 1. The molecule has 1 aromatic heterocycles. The van der Waals surface area contributed by atoms with Crippen molar-refractivity contribution in [2.45, 2.75) is 24.8 Å². The van der Waals surface area contributed by atoms with Crippen molar-refractivity contribution in [1.82, 2.24) is 10.2 Å². The van der Waals surface area contributed by atoms with E-state index in [9.17, 15) is 13.2 Å². The van der Waals surface area contributed by atoms with Crippen molar-refractivity contribution in [3.05, 3.63) is 51.8 Å². The molecule has 1 heterocycles. The van der Waals surface area contributed by atoms with E-state index < -0.39 is 15.6 Å². The second-order valence-electron chi connectivity index (χ2n) is 4.40. The molecule has 4 N–H and O–H groups in total. The lowest BCUT2D eigenvalue weighted by atomic mass is 10.1. The van der Waals surface area contributed by atoms with E-state index in [1.54, 1.807) is 12.1 Å². The number of rotatable bonds is 5. The lowest BCUT2D eigenvalue weighted by Gasteiger charge is -2.10. The predicted molar refractivity (Wildman–Crippen MR) is 79.4 cm³/mol. The van der Waals surface area contributed by atoms with E-state index in [-0.39, 0.29) is 17.3 Å². The molecule has 0 spiro atoms. The van der Waals surface area contributed by atoms with Crippen molar-refractivity contribution in [2.24, 2.45) is 5.73 Å². The van der Waals surface area contributed by atoms with Crippen LogP contribution in [0.5, 0.6) is 0 Å². The van der Waals surface area contributed by atoms with Crippen molar-refractivity contribution in [3.8, 4) is 0 Å². The minimum absolute atomic E-state index is 0.0449. The summed E-state index contributed by atoms with van der Waals surface area (Å²) in [6.45, 7) is 2.24. The first-order chi connectivity index (χ1) is 9.96. The highest BCUT2D eigenvalue weighted by Gasteiger charge is 2.16. The lowest BCUT2D eigenvalue weighted by molar-refractivity contribution is 0.600. The van der Waals surface area contributed by atoms with Crippen LogP contribution in [0.15, 0.2) is 40.0 Å². The molecule has 112 valence electrons. The number of nitrogens with one attached hydrogen (secondary N) is 2. The van der Waals surface area contributed by atoms with Gasteiger partial charge in [-0.25, -0.2) is 13.5 Å². The van der Waals surface area contributed by atoms with Crippen LogP contribution in [0.3, 0.4) is 0 Å². The third kappa shape index (κ3) is 3.47. The van der Waals surface area contributed by atoms with Crippen molar-refractivity contribution in [1.29, 1.82) is 0 Å². The average molecular weight is 308 g/mol. The molecule has 0 aliphatic carbocycles. The quantitative estimate of drug-likeness (QED) is 0.747. The molecule has 0 bridgehead atoms. The molecule has 7 nitrogen and oxygen atoms in total. The molecular weight excluding hydrogens is 292 g/mol. The zero-order chi connectivity index (χ0) is 15.5. The standard InChI is InChI=1S/C13H16N4O3S/c1-2-9-3-4-11(7-10(9)8-14)21(19,20)17-12-5-6-13(18)16-15-12/h3-7H,2,8,14H2,1H3,(H,15,17)(H,16,18). The Morgan fingerprint density at radius 2 is 2.00 bits per heavy atom. The minimum Gasteiger partial charge on any atom is -0.326 e. The second kappa shape index (κ2) is 6.06. The van der Waals surface area contributed by atoms with Gasteiger partial charge in [-0.15, -0.1) is 0 Å². The van der Waals surface area contributed by atoms with Gasteiger partial charge in [0.2, 0.25) is 0 Å². The Bertz CT molecular complexity index is 779. The zero-order valence-corrected chi connectivity index (χ0v) is 12.3.